The second-order valence-corrected chi connectivity index (χ2v) is 5.70. The largest absolute Gasteiger partial charge is 0.376 e. The molecule has 1 aliphatic rings. The van der Waals surface area contributed by atoms with E-state index in [1.54, 1.807) is 0 Å². The predicted octanol–water partition coefficient (Wildman–Crippen LogP) is 2.01. The van der Waals surface area contributed by atoms with Crippen molar-refractivity contribution in [2.75, 3.05) is 40.3 Å². The van der Waals surface area contributed by atoms with E-state index in [4.69, 9.17) is 4.74 Å². The first kappa shape index (κ1) is 15.9. The van der Waals surface area contributed by atoms with Gasteiger partial charge in [0, 0.05) is 31.8 Å². The second kappa shape index (κ2) is 7.52. The molecular weight excluding hydrogens is 271 g/mol. The molecule has 116 valence electrons. The molecule has 4 nitrogen and oxygen atoms in total. The van der Waals surface area contributed by atoms with E-state index < -0.39 is 0 Å². The SMILES string of the molecule is CN(C)CCN(CC1CCCO1)C(=O)c1ccc(F)cc1. The summed E-state index contributed by atoms with van der Waals surface area (Å²) < 4.78 is 18.6. The van der Waals surface area contributed by atoms with Crippen LogP contribution in [0.3, 0.4) is 0 Å². The van der Waals surface area contributed by atoms with Crippen molar-refractivity contribution in [3.8, 4) is 0 Å². The lowest BCUT2D eigenvalue weighted by Crippen LogP contribution is -2.41. The van der Waals surface area contributed by atoms with Gasteiger partial charge in [-0.25, -0.2) is 4.39 Å². The van der Waals surface area contributed by atoms with Crippen molar-refractivity contribution in [1.29, 1.82) is 0 Å². The summed E-state index contributed by atoms with van der Waals surface area (Å²) in [6, 6.07) is 5.72. The molecule has 0 aromatic heterocycles. The number of halogens is 1. The average Bonchev–Trinajstić information content (AvgIpc) is 2.96. The summed E-state index contributed by atoms with van der Waals surface area (Å²) in [6.07, 6.45) is 2.17. The highest BCUT2D eigenvalue weighted by atomic mass is 19.1. The fourth-order valence-electron chi connectivity index (χ4n) is 2.41. The number of amides is 1. The maximum absolute atomic E-state index is 13.0. The zero-order valence-electron chi connectivity index (χ0n) is 12.7. The van der Waals surface area contributed by atoms with Crippen molar-refractivity contribution >= 4 is 5.91 Å². The van der Waals surface area contributed by atoms with Gasteiger partial charge in [-0.1, -0.05) is 0 Å². The van der Waals surface area contributed by atoms with Crippen molar-refractivity contribution in [2.45, 2.75) is 18.9 Å². The summed E-state index contributed by atoms with van der Waals surface area (Å²) in [7, 11) is 3.96. The van der Waals surface area contributed by atoms with Gasteiger partial charge in [0.25, 0.3) is 5.91 Å². The molecule has 2 rings (SSSR count). The van der Waals surface area contributed by atoms with E-state index in [1.165, 1.54) is 24.3 Å². The Balaban J connectivity index is 2.04. The van der Waals surface area contributed by atoms with Crippen LogP contribution in [0.2, 0.25) is 0 Å². The number of benzene rings is 1. The molecule has 1 unspecified atom stereocenters. The third-order valence-corrected chi connectivity index (χ3v) is 3.64. The van der Waals surface area contributed by atoms with Gasteiger partial charge in [0.2, 0.25) is 0 Å². The summed E-state index contributed by atoms with van der Waals surface area (Å²) in [4.78, 5) is 16.4. The molecular formula is C16H23FN2O2. The van der Waals surface area contributed by atoms with Crippen molar-refractivity contribution in [1.82, 2.24) is 9.80 Å². The van der Waals surface area contributed by atoms with Crippen molar-refractivity contribution < 1.29 is 13.9 Å². The van der Waals surface area contributed by atoms with Crippen LogP contribution >= 0.6 is 0 Å². The minimum atomic E-state index is -0.328. The number of likely N-dealkylation sites (N-methyl/N-ethyl adjacent to an activating group) is 1. The van der Waals surface area contributed by atoms with Gasteiger partial charge in [-0.05, 0) is 51.2 Å². The van der Waals surface area contributed by atoms with E-state index in [9.17, 15) is 9.18 Å². The maximum atomic E-state index is 13.0. The number of ether oxygens (including phenoxy) is 1. The Morgan fingerprint density at radius 2 is 2.00 bits per heavy atom. The fourth-order valence-corrected chi connectivity index (χ4v) is 2.41. The highest BCUT2D eigenvalue weighted by Gasteiger charge is 2.23. The number of rotatable bonds is 6. The molecule has 0 bridgehead atoms. The van der Waals surface area contributed by atoms with Gasteiger partial charge < -0.3 is 14.5 Å². The van der Waals surface area contributed by atoms with Crippen LogP contribution in [0, 0.1) is 5.82 Å². The van der Waals surface area contributed by atoms with Gasteiger partial charge in [0.15, 0.2) is 0 Å². The second-order valence-electron chi connectivity index (χ2n) is 5.70. The number of carbonyl (C=O) groups is 1. The van der Waals surface area contributed by atoms with Crippen LogP contribution in [-0.2, 0) is 4.74 Å². The first-order chi connectivity index (χ1) is 10.1. The van der Waals surface area contributed by atoms with Gasteiger partial charge in [0.1, 0.15) is 5.82 Å². The summed E-state index contributed by atoms with van der Waals surface area (Å²) in [5.41, 5.74) is 0.521. The summed E-state index contributed by atoms with van der Waals surface area (Å²) in [5, 5.41) is 0. The predicted molar refractivity (Wildman–Crippen MR) is 79.8 cm³/mol. The molecule has 21 heavy (non-hydrogen) atoms. The first-order valence-electron chi connectivity index (χ1n) is 7.37. The highest BCUT2D eigenvalue weighted by Crippen LogP contribution is 2.15. The number of nitrogens with zero attached hydrogens (tertiary/aromatic N) is 2. The molecule has 0 spiro atoms. The summed E-state index contributed by atoms with van der Waals surface area (Å²) in [5.74, 6) is -0.391. The third-order valence-electron chi connectivity index (χ3n) is 3.64. The maximum Gasteiger partial charge on any atom is 0.253 e. The Morgan fingerprint density at radius 1 is 1.29 bits per heavy atom. The normalized spacial score (nSPS) is 18.2. The van der Waals surface area contributed by atoms with Crippen LogP contribution in [-0.4, -0.2) is 62.1 Å². The van der Waals surface area contributed by atoms with E-state index in [0.717, 1.165) is 26.0 Å². The highest BCUT2D eigenvalue weighted by molar-refractivity contribution is 5.94. The minimum absolute atomic E-state index is 0.0626. The summed E-state index contributed by atoms with van der Waals surface area (Å²) in [6.45, 7) is 2.81. The van der Waals surface area contributed by atoms with Gasteiger partial charge in [-0.15, -0.1) is 0 Å². The van der Waals surface area contributed by atoms with E-state index in [1.807, 2.05) is 23.9 Å². The van der Waals surface area contributed by atoms with Gasteiger partial charge in [-0.3, -0.25) is 4.79 Å². The standard InChI is InChI=1S/C16H23FN2O2/c1-18(2)9-10-19(12-15-4-3-11-21-15)16(20)13-5-7-14(17)8-6-13/h5-8,15H,3-4,9-12H2,1-2H3. The van der Waals surface area contributed by atoms with E-state index >= 15 is 0 Å². The lowest BCUT2D eigenvalue weighted by Gasteiger charge is -2.27. The average molecular weight is 294 g/mol. The van der Waals surface area contributed by atoms with Crippen molar-refractivity contribution in [2.24, 2.45) is 0 Å². The number of hydrogen-bond donors (Lipinski definition) is 0. The minimum Gasteiger partial charge on any atom is -0.376 e. The number of hydrogen-bond acceptors (Lipinski definition) is 3. The summed E-state index contributed by atoms with van der Waals surface area (Å²) >= 11 is 0. The Bertz CT molecular complexity index is 456. The molecule has 5 heteroatoms. The fraction of sp³-hybridized carbons (Fsp3) is 0.562. The lowest BCUT2D eigenvalue weighted by molar-refractivity contribution is 0.0512. The molecule has 0 saturated carbocycles. The quantitative estimate of drug-likeness (QED) is 0.804. The van der Waals surface area contributed by atoms with Crippen molar-refractivity contribution in [3.63, 3.8) is 0 Å². The van der Waals surface area contributed by atoms with Gasteiger partial charge in [-0.2, -0.15) is 0 Å². The zero-order valence-corrected chi connectivity index (χ0v) is 12.7. The molecule has 1 heterocycles. The van der Waals surface area contributed by atoms with Gasteiger partial charge in [0.05, 0.1) is 6.10 Å². The van der Waals surface area contributed by atoms with Crippen LogP contribution in [0.15, 0.2) is 24.3 Å². The molecule has 1 aromatic rings. The topological polar surface area (TPSA) is 32.8 Å². The molecule has 1 amide bonds. The molecule has 1 aromatic carbocycles. The lowest BCUT2D eigenvalue weighted by atomic mass is 10.1. The Morgan fingerprint density at radius 3 is 2.57 bits per heavy atom. The Hall–Kier alpha value is -1.46. The molecule has 1 saturated heterocycles. The van der Waals surface area contributed by atoms with Crippen LogP contribution in [0.1, 0.15) is 23.2 Å². The van der Waals surface area contributed by atoms with Crippen LogP contribution in [0.4, 0.5) is 4.39 Å². The molecule has 0 aliphatic carbocycles. The molecule has 1 atom stereocenters. The van der Waals surface area contributed by atoms with Crippen LogP contribution < -0.4 is 0 Å². The van der Waals surface area contributed by atoms with E-state index in [-0.39, 0.29) is 17.8 Å². The number of carbonyl (C=O) groups excluding carboxylic acids is 1. The third kappa shape index (κ3) is 4.79. The van der Waals surface area contributed by atoms with Gasteiger partial charge >= 0.3 is 0 Å². The van der Waals surface area contributed by atoms with E-state index in [2.05, 4.69) is 0 Å². The molecule has 0 radical (unpaired) electrons. The zero-order chi connectivity index (χ0) is 15.2. The van der Waals surface area contributed by atoms with Crippen molar-refractivity contribution in [3.05, 3.63) is 35.6 Å². The first-order valence-corrected chi connectivity index (χ1v) is 7.37. The Kier molecular flexibility index (Phi) is 5.70. The van der Waals surface area contributed by atoms with Crippen LogP contribution in [0.25, 0.3) is 0 Å². The van der Waals surface area contributed by atoms with E-state index in [0.29, 0.717) is 18.7 Å². The molecule has 1 fully saturated rings. The molecule has 0 N–H and O–H groups in total. The van der Waals surface area contributed by atoms with Crippen LogP contribution in [0.5, 0.6) is 0 Å². The molecule has 1 aliphatic heterocycles. The smallest absolute Gasteiger partial charge is 0.253 e. The monoisotopic (exact) mass is 294 g/mol. The Labute approximate surface area is 125 Å².